The van der Waals surface area contributed by atoms with Gasteiger partial charge in [-0.15, -0.1) is 0 Å². The van der Waals surface area contributed by atoms with Crippen LogP contribution in [0.1, 0.15) is 71.1 Å². The zero-order valence-electron chi connectivity index (χ0n) is 12.8. The van der Waals surface area contributed by atoms with E-state index < -0.39 is 0 Å². The minimum absolute atomic E-state index is 0.217. The van der Waals surface area contributed by atoms with Gasteiger partial charge in [0.05, 0.1) is 0 Å². The Kier molecular flexibility index (Phi) is 9.38. The highest BCUT2D eigenvalue weighted by Gasteiger charge is 1.97. The number of hydrogen-bond acceptors (Lipinski definition) is 2. The van der Waals surface area contributed by atoms with Gasteiger partial charge in [0, 0.05) is 12.7 Å². The first kappa shape index (κ1) is 17.2. The van der Waals surface area contributed by atoms with Gasteiger partial charge < -0.3 is 9.67 Å². The van der Waals surface area contributed by atoms with Crippen molar-refractivity contribution in [3.8, 4) is 5.75 Å². The lowest BCUT2D eigenvalue weighted by Gasteiger charge is -2.07. The van der Waals surface area contributed by atoms with Gasteiger partial charge in [-0.05, 0) is 18.6 Å². The molecular formula is C17H29NOS. The molecule has 1 rings (SSSR count). The number of pyridine rings is 1. The zero-order valence-corrected chi connectivity index (χ0v) is 13.6. The van der Waals surface area contributed by atoms with Crippen LogP contribution in [0.15, 0.2) is 18.3 Å². The second kappa shape index (κ2) is 10.9. The summed E-state index contributed by atoms with van der Waals surface area (Å²) in [4.78, 5) is 0. The Balaban J connectivity index is 2.00. The Labute approximate surface area is 128 Å². The number of nitrogens with zero attached hydrogens (tertiary/aromatic N) is 1. The summed E-state index contributed by atoms with van der Waals surface area (Å²) < 4.78 is 2.53. The number of aryl methyl sites for hydroxylation is 1. The molecule has 3 heteroatoms. The molecular weight excluding hydrogens is 266 g/mol. The van der Waals surface area contributed by atoms with Gasteiger partial charge in [0.2, 0.25) is 0 Å². The molecule has 0 bridgehead atoms. The minimum atomic E-state index is 0.217. The summed E-state index contributed by atoms with van der Waals surface area (Å²) in [6.07, 6.45) is 15.4. The predicted molar refractivity (Wildman–Crippen MR) is 88.8 cm³/mol. The van der Waals surface area contributed by atoms with Gasteiger partial charge in [-0.3, -0.25) is 0 Å². The van der Waals surface area contributed by atoms with E-state index in [1.165, 1.54) is 57.8 Å². The molecule has 1 aromatic heterocycles. The first-order valence-corrected chi connectivity index (χ1v) is 8.55. The molecule has 0 aromatic carbocycles. The van der Waals surface area contributed by atoms with E-state index in [1.807, 2.05) is 16.8 Å². The van der Waals surface area contributed by atoms with Crippen molar-refractivity contribution >= 4 is 12.2 Å². The lowest BCUT2D eigenvalue weighted by atomic mass is 10.1. The summed E-state index contributed by atoms with van der Waals surface area (Å²) in [6, 6.07) is 3.50. The highest BCUT2D eigenvalue weighted by atomic mass is 32.1. The molecule has 114 valence electrons. The molecule has 0 fully saturated rings. The van der Waals surface area contributed by atoms with Crippen molar-refractivity contribution in [3.63, 3.8) is 0 Å². The highest BCUT2D eigenvalue weighted by Crippen LogP contribution is 2.13. The topological polar surface area (TPSA) is 25.2 Å². The van der Waals surface area contributed by atoms with Gasteiger partial charge in [-0.1, -0.05) is 76.9 Å². The summed E-state index contributed by atoms with van der Waals surface area (Å²) in [5, 5.41) is 9.54. The van der Waals surface area contributed by atoms with Crippen LogP contribution in [0.25, 0.3) is 0 Å². The molecule has 0 aliphatic rings. The van der Waals surface area contributed by atoms with Crippen LogP contribution in [0.5, 0.6) is 5.75 Å². The number of rotatable bonds is 11. The molecule has 1 N–H and O–H groups in total. The van der Waals surface area contributed by atoms with Crippen molar-refractivity contribution in [2.75, 3.05) is 0 Å². The summed E-state index contributed by atoms with van der Waals surface area (Å²) in [5.41, 5.74) is 0. The average molecular weight is 295 g/mol. The van der Waals surface area contributed by atoms with E-state index in [4.69, 9.17) is 12.2 Å². The number of unbranched alkanes of at least 4 members (excludes halogenated alkanes) is 9. The normalized spacial score (nSPS) is 10.8. The van der Waals surface area contributed by atoms with E-state index in [2.05, 4.69) is 6.92 Å². The summed E-state index contributed by atoms with van der Waals surface area (Å²) in [5.74, 6) is 0.217. The van der Waals surface area contributed by atoms with E-state index in [-0.39, 0.29) is 5.75 Å². The van der Waals surface area contributed by atoms with Crippen molar-refractivity contribution in [3.05, 3.63) is 23.0 Å². The molecule has 2 nitrogen and oxygen atoms in total. The first-order chi connectivity index (χ1) is 9.75. The SMILES string of the molecule is CCCCCCCCCCCCn1cccc(O)c1=S. The summed E-state index contributed by atoms with van der Waals surface area (Å²) in [7, 11) is 0. The molecule has 1 heterocycles. The molecule has 0 aliphatic heterocycles. The Morgan fingerprint density at radius 1 is 0.950 bits per heavy atom. The third-order valence-corrected chi connectivity index (χ3v) is 4.20. The molecule has 0 saturated carbocycles. The highest BCUT2D eigenvalue weighted by molar-refractivity contribution is 7.71. The van der Waals surface area contributed by atoms with E-state index in [0.29, 0.717) is 4.64 Å². The monoisotopic (exact) mass is 295 g/mol. The van der Waals surface area contributed by atoms with Crippen LogP contribution >= 0.6 is 12.2 Å². The summed E-state index contributed by atoms with van der Waals surface area (Å²) >= 11 is 5.18. The molecule has 0 atom stereocenters. The van der Waals surface area contributed by atoms with Crippen molar-refractivity contribution in [1.29, 1.82) is 0 Å². The minimum Gasteiger partial charge on any atom is -0.505 e. The van der Waals surface area contributed by atoms with E-state index in [1.54, 1.807) is 6.07 Å². The van der Waals surface area contributed by atoms with Gasteiger partial charge in [0.1, 0.15) is 10.4 Å². The third-order valence-electron chi connectivity index (χ3n) is 3.75. The Morgan fingerprint density at radius 2 is 1.50 bits per heavy atom. The molecule has 0 unspecified atom stereocenters. The van der Waals surface area contributed by atoms with Crippen molar-refractivity contribution in [2.24, 2.45) is 0 Å². The lowest BCUT2D eigenvalue weighted by molar-refractivity contribution is 0.458. The lowest BCUT2D eigenvalue weighted by Crippen LogP contribution is -1.99. The average Bonchev–Trinajstić information content (AvgIpc) is 2.45. The molecule has 0 amide bonds. The molecule has 0 spiro atoms. The quantitative estimate of drug-likeness (QED) is 0.409. The van der Waals surface area contributed by atoms with Crippen LogP contribution in [0, 0.1) is 4.64 Å². The zero-order chi connectivity index (χ0) is 14.6. The van der Waals surface area contributed by atoms with Crippen LogP contribution in [0.3, 0.4) is 0 Å². The fourth-order valence-corrected chi connectivity index (χ4v) is 2.69. The maximum absolute atomic E-state index is 9.54. The number of aromatic nitrogens is 1. The van der Waals surface area contributed by atoms with Crippen LogP contribution in [-0.4, -0.2) is 9.67 Å². The Bertz CT molecular complexity index is 414. The predicted octanol–water partition coefficient (Wildman–Crippen LogP) is 5.84. The second-order valence-corrected chi connectivity index (χ2v) is 5.96. The largest absolute Gasteiger partial charge is 0.505 e. The maximum atomic E-state index is 9.54. The number of hydrogen-bond donors (Lipinski definition) is 1. The second-order valence-electron chi connectivity index (χ2n) is 5.57. The fourth-order valence-electron chi connectivity index (χ4n) is 2.47. The van der Waals surface area contributed by atoms with Gasteiger partial charge >= 0.3 is 0 Å². The van der Waals surface area contributed by atoms with Crippen LogP contribution in [0.2, 0.25) is 0 Å². The Hall–Kier alpha value is -0.830. The smallest absolute Gasteiger partial charge is 0.150 e. The fraction of sp³-hybridized carbons (Fsp3) is 0.706. The number of aromatic hydroxyl groups is 1. The van der Waals surface area contributed by atoms with Gasteiger partial charge in [0.15, 0.2) is 0 Å². The van der Waals surface area contributed by atoms with Crippen LogP contribution < -0.4 is 0 Å². The van der Waals surface area contributed by atoms with E-state index in [9.17, 15) is 5.11 Å². The third kappa shape index (κ3) is 7.09. The van der Waals surface area contributed by atoms with Crippen LogP contribution in [-0.2, 0) is 6.54 Å². The van der Waals surface area contributed by atoms with E-state index >= 15 is 0 Å². The molecule has 0 aliphatic carbocycles. The molecule has 0 radical (unpaired) electrons. The van der Waals surface area contributed by atoms with Crippen molar-refractivity contribution in [2.45, 2.75) is 77.7 Å². The van der Waals surface area contributed by atoms with Gasteiger partial charge in [-0.25, -0.2) is 0 Å². The maximum Gasteiger partial charge on any atom is 0.150 e. The van der Waals surface area contributed by atoms with Crippen LogP contribution in [0.4, 0.5) is 0 Å². The first-order valence-electron chi connectivity index (χ1n) is 8.14. The molecule has 20 heavy (non-hydrogen) atoms. The van der Waals surface area contributed by atoms with Gasteiger partial charge in [0.25, 0.3) is 0 Å². The van der Waals surface area contributed by atoms with Crippen molar-refractivity contribution < 1.29 is 5.11 Å². The summed E-state index contributed by atoms with van der Waals surface area (Å²) in [6.45, 7) is 3.18. The molecule has 1 aromatic rings. The Morgan fingerprint density at radius 3 is 2.10 bits per heavy atom. The van der Waals surface area contributed by atoms with Gasteiger partial charge in [-0.2, -0.15) is 0 Å². The molecule has 0 saturated heterocycles. The standard InChI is InChI=1S/C17H29NOS/c1-2-3-4-5-6-7-8-9-10-11-14-18-15-12-13-16(19)17(18)20/h12-13,15,19H,2-11,14H2,1H3. The van der Waals surface area contributed by atoms with Crippen molar-refractivity contribution in [1.82, 2.24) is 4.57 Å². The van der Waals surface area contributed by atoms with E-state index in [0.717, 1.165) is 13.0 Å².